The van der Waals surface area contributed by atoms with Crippen molar-refractivity contribution in [1.82, 2.24) is 19.6 Å². The Balaban J connectivity index is 1.23. The summed E-state index contributed by atoms with van der Waals surface area (Å²) in [7, 11) is 0. The maximum Gasteiger partial charge on any atom is 0.255 e. The van der Waals surface area contributed by atoms with E-state index in [0.717, 1.165) is 54.9 Å². The van der Waals surface area contributed by atoms with Crippen molar-refractivity contribution in [2.24, 2.45) is 0 Å². The summed E-state index contributed by atoms with van der Waals surface area (Å²) in [6.45, 7) is 2.62. The third-order valence-corrected chi connectivity index (χ3v) is 6.88. The number of rotatable bonds is 6. The van der Waals surface area contributed by atoms with Gasteiger partial charge in [-0.05, 0) is 70.4 Å². The molecule has 37 heavy (non-hydrogen) atoms. The second-order valence-electron chi connectivity index (χ2n) is 8.86. The first kappa shape index (κ1) is 23.0. The number of aryl methyl sites for hydroxylation is 1. The first-order valence-corrected chi connectivity index (χ1v) is 12.7. The van der Waals surface area contributed by atoms with E-state index in [1.165, 1.54) is 0 Å². The van der Waals surface area contributed by atoms with Crippen LogP contribution < -0.4 is 10.6 Å². The first-order valence-electron chi connectivity index (χ1n) is 11.9. The Bertz CT molecular complexity index is 1770. The molecule has 0 aliphatic rings. The lowest BCUT2D eigenvalue weighted by Gasteiger charge is -2.13. The molecule has 0 saturated carbocycles. The lowest BCUT2D eigenvalue weighted by Crippen LogP contribution is -2.12. The van der Waals surface area contributed by atoms with Gasteiger partial charge in [0, 0.05) is 46.5 Å². The molecule has 0 bridgehead atoms. The van der Waals surface area contributed by atoms with Gasteiger partial charge in [0.2, 0.25) is 0 Å². The molecule has 0 unspecified atom stereocenters. The van der Waals surface area contributed by atoms with Crippen LogP contribution in [0.4, 0.5) is 11.5 Å². The summed E-state index contributed by atoms with van der Waals surface area (Å²) in [6, 6.07) is 25.6. The quantitative estimate of drug-likeness (QED) is 0.212. The number of fused-ring (bicyclic) bond motifs is 2. The van der Waals surface area contributed by atoms with Gasteiger partial charge >= 0.3 is 0 Å². The van der Waals surface area contributed by atoms with Crippen LogP contribution in [0.2, 0.25) is 0 Å². The van der Waals surface area contributed by atoms with E-state index in [4.69, 9.17) is 4.98 Å². The normalized spacial score (nSPS) is 11.2. The molecule has 0 atom stereocenters. The summed E-state index contributed by atoms with van der Waals surface area (Å²) in [4.78, 5) is 20.8. The molecular weight excluding hydrogens is 528 g/mol. The van der Waals surface area contributed by atoms with Crippen molar-refractivity contribution in [3.8, 4) is 11.3 Å². The van der Waals surface area contributed by atoms with Gasteiger partial charge < -0.3 is 15.6 Å². The molecule has 0 saturated heterocycles. The molecule has 3 N–H and O–H groups in total. The van der Waals surface area contributed by atoms with Crippen LogP contribution >= 0.6 is 15.9 Å². The van der Waals surface area contributed by atoms with Gasteiger partial charge in [-0.2, -0.15) is 9.61 Å². The molecular formula is C29H23BrN6O. The van der Waals surface area contributed by atoms with Gasteiger partial charge in [0.15, 0.2) is 5.65 Å². The van der Waals surface area contributed by atoms with E-state index >= 15 is 0 Å². The van der Waals surface area contributed by atoms with Crippen LogP contribution in [0.15, 0.2) is 95.7 Å². The predicted octanol–water partition coefficient (Wildman–Crippen LogP) is 6.81. The van der Waals surface area contributed by atoms with Crippen LogP contribution in [0.3, 0.4) is 0 Å². The van der Waals surface area contributed by atoms with Crippen molar-refractivity contribution < 1.29 is 4.79 Å². The Morgan fingerprint density at radius 3 is 2.81 bits per heavy atom. The fourth-order valence-electron chi connectivity index (χ4n) is 4.41. The maximum absolute atomic E-state index is 12.9. The largest absolute Gasteiger partial charge is 0.366 e. The molecule has 0 aliphatic heterocycles. The molecule has 3 aromatic heterocycles. The zero-order valence-corrected chi connectivity index (χ0v) is 21.6. The Kier molecular flexibility index (Phi) is 5.94. The number of hydrogen-bond acceptors (Lipinski definition) is 4. The Hall–Kier alpha value is -4.43. The SMILES string of the molecule is Cc1ccccc1-c1cc(NCc2cccc(NC(=O)c3ccc4[nH]ccc4c3)c2)n2ncc(Br)c2n1. The number of nitrogens with zero attached hydrogens (tertiary/aromatic N) is 3. The topological polar surface area (TPSA) is 87.1 Å². The standard InChI is InChI=1S/C29H23BrN6O/c1-18-5-2-3-8-23(18)26-15-27(36-28(35-26)24(30)17-33-36)32-16-19-6-4-7-22(13-19)34-29(37)21-9-10-25-20(14-21)11-12-31-25/h2-15,17,31-32H,16H2,1H3,(H,34,37). The van der Waals surface area contributed by atoms with Gasteiger partial charge in [-0.15, -0.1) is 0 Å². The minimum atomic E-state index is -0.145. The van der Waals surface area contributed by atoms with Crippen molar-refractivity contribution in [3.05, 3.63) is 112 Å². The van der Waals surface area contributed by atoms with Crippen LogP contribution in [0.5, 0.6) is 0 Å². The first-order chi connectivity index (χ1) is 18.0. The van der Waals surface area contributed by atoms with E-state index in [2.05, 4.69) is 55.7 Å². The smallest absolute Gasteiger partial charge is 0.255 e. The number of benzene rings is 3. The lowest BCUT2D eigenvalue weighted by atomic mass is 10.1. The van der Waals surface area contributed by atoms with Crippen LogP contribution in [0.1, 0.15) is 21.5 Å². The summed E-state index contributed by atoms with van der Waals surface area (Å²) in [5, 5.41) is 12.0. The maximum atomic E-state index is 12.9. The monoisotopic (exact) mass is 550 g/mol. The predicted molar refractivity (Wildman–Crippen MR) is 151 cm³/mol. The van der Waals surface area contributed by atoms with E-state index in [1.54, 1.807) is 10.7 Å². The number of carbonyl (C=O) groups excluding carboxylic acids is 1. The van der Waals surface area contributed by atoms with E-state index in [1.807, 2.05) is 72.9 Å². The Labute approximate surface area is 221 Å². The molecule has 6 aromatic rings. The molecule has 8 heteroatoms. The number of H-pyrrole nitrogens is 1. The molecule has 1 amide bonds. The highest BCUT2D eigenvalue weighted by Gasteiger charge is 2.13. The average molecular weight is 551 g/mol. The van der Waals surface area contributed by atoms with Crippen LogP contribution in [0.25, 0.3) is 27.8 Å². The van der Waals surface area contributed by atoms with Gasteiger partial charge in [-0.25, -0.2) is 4.98 Å². The van der Waals surface area contributed by atoms with E-state index in [-0.39, 0.29) is 5.91 Å². The minimum Gasteiger partial charge on any atom is -0.366 e. The number of carbonyl (C=O) groups is 1. The highest BCUT2D eigenvalue weighted by Crippen LogP contribution is 2.28. The summed E-state index contributed by atoms with van der Waals surface area (Å²) >= 11 is 3.57. The van der Waals surface area contributed by atoms with Crippen LogP contribution in [0, 0.1) is 6.92 Å². The summed E-state index contributed by atoms with van der Waals surface area (Å²) in [5.74, 6) is 0.677. The number of nitrogens with one attached hydrogen (secondary N) is 3. The number of amides is 1. The number of hydrogen-bond donors (Lipinski definition) is 3. The molecule has 3 heterocycles. The van der Waals surface area contributed by atoms with Gasteiger partial charge in [-0.1, -0.05) is 36.4 Å². The zero-order chi connectivity index (χ0) is 25.4. The molecule has 0 radical (unpaired) electrons. The summed E-state index contributed by atoms with van der Waals surface area (Å²) < 4.78 is 2.61. The van der Waals surface area contributed by atoms with Crippen molar-refractivity contribution in [1.29, 1.82) is 0 Å². The molecule has 7 nitrogen and oxygen atoms in total. The van der Waals surface area contributed by atoms with E-state index in [0.29, 0.717) is 12.1 Å². The Morgan fingerprint density at radius 2 is 1.92 bits per heavy atom. The van der Waals surface area contributed by atoms with Crippen LogP contribution in [-0.2, 0) is 6.54 Å². The lowest BCUT2D eigenvalue weighted by molar-refractivity contribution is 0.102. The molecule has 6 rings (SSSR count). The van der Waals surface area contributed by atoms with Gasteiger partial charge in [0.25, 0.3) is 5.91 Å². The summed E-state index contributed by atoms with van der Waals surface area (Å²) in [6.07, 6.45) is 3.61. The van der Waals surface area contributed by atoms with Gasteiger partial charge in [-0.3, -0.25) is 4.79 Å². The fourth-order valence-corrected chi connectivity index (χ4v) is 4.76. The van der Waals surface area contributed by atoms with Crippen LogP contribution in [-0.4, -0.2) is 25.5 Å². The number of halogens is 1. The highest BCUT2D eigenvalue weighted by atomic mass is 79.9. The number of anilines is 2. The van der Waals surface area contributed by atoms with Crippen molar-refractivity contribution in [2.75, 3.05) is 10.6 Å². The van der Waals surface area contributed by atoms with Crippen molar-refractivity contribution >= 4 is 49.9 Å². The molecule has 182 valence electrons. The second kappa shape index (κ2) is 9.55. The van der Waals surface area contributed by atoms with Crippen molar-refractivity contribution in [3.63, 3.8) is 0 Å². The number of aromatic nitrogens is 4. The second-order valence-corrected chi connectivity index (χ2v) is 9.71. The zero-order valence-electron chi connectivity index (χ0n) is 20.0. The van der Waals surface area contributed by atoms with Gasteiger partial charge in [0.05, 0.1) is 16.4 Å². The fraction of sp³-hybridized carbons (Fsp3) is 0.0690. The highest BCUT2D eigenvalue weighted by molar-refractivity contribution is 9.10. The minimum absolute atomic E-state index is 0.145. The number of aromatic amines is 1. The average Bonchev–Trinajstić information content (AvgIpc) is 3.54. The van der Waals surface area contributed by atoms with E-state index < -0.39 is 0 Å². The summed E-state index contributed by atoms with van der Waals surface area (Å²) in [5.41, 5.74) is 7.21. The third-order valence-electron chi connectivity index (χ3n) is 6.32. The molecule has 3 aromatic carbocycles. The molecule has 0 fully saturated rings. The molecule has 0 spiro atoms. The third kappa shape index (κ3) is 4.59. The Morgan fingerprint density at radius 1 is 1.03 bits per heavy atom. The van der Waals surface area contributed by atoms with Gasteiger partial charge in [0.1, 0.15) is 5.82 Å². The van der Waals surface area contributed by atoms with Crippen molar-refractivity contribution in [2.45, 2.75) is 13.5 Å². The molecule has 0 aliphatic carbocycles. The van der Waals surface area contributed by atoms with E-state index in [9.17, 15) is 4.79 Å².